The lowest BCUT2D eigenvalue weighted by Gasteiger charge is -2.28. The van der Waals surface area contributed by atoms with Crippen LogP contribution in [0.2, 0.25) is 0 Å². The molecule has 4 rings (SSSR count). The number of carbonyl (C=O) groups excluding carboxylic acids is 1. The van der Waals surface area contributed by atoms with Gasteiger partial charge >= 0.3 is 0 Å². The van der Waals surface area contributed by atoms with Gasteiger partial charge in [-0.1, -0.05) is 12.1 Å². The number of hydrogen-bond acceptors (Lipinski definition) is 4. The fraction of sp³-hybridized carbons (Fsp3) is 0.211. The zero-order chi connectivity index (χ0) is 15.6. The number of morpholine rings is 1. The van der Waals surface area contributed by atoms with Gasteiger partial charge in [-0.3, -0.25) is 4.79 Å². The quantitative estimate of drug-likeness (QED) is 0.691. The molecule has 4 nitrogen and oxygen atoms in total. The highest BCUT2D eigenvalue weighted by molar-refractivity contribution is 5.88. The van der Waals surface area contributed by atoms with Crippen molar-refractivity contribution in [3.05, 3.63) is 54.1 Å². The zero-order valence-electron chi connectivity index (χ0n) is 12.7. The van der Waals surface area contributed by atoms with Crippen LogP contribution in [0.15, 0.2) is 52.9 Å². The van der Waals surface area contributed by atoms with Crippen molar-refractivity contribution >= 4 is 22.9 Å². The first-order valence-electron chi connectivity index (χ1n) is 7.75. The van der Waals surface area contributed by atoms with Crippen LogP contribution in [0.3, 0.4) is 0 Å². The molecule has 116 valence electrons. The molecule has 0 aliphatic carbocycles. The fourth-order valence-electron chi connectivity index (χ4n) is 2.92. The Morgan fingerprint density at radius 1 is 0.957 bits per heavy atom. The highest BCUT2D eigenvalue weighted by atomic mass is 16.5. The Kier molecular flexibility index (Phi) is 3.60. The molecule has 2 heterocycles. The Balaban J connectivity index is 1.63. The van der Waals surface area contributed by atoms with Crippen LogP contribution in [-0.2, 0) is 4.74 Å². The highest BCUT2D eigenvalue weighted by Gasteiger charge is 2.12. The molecule has 0 saturated carbocycles. The van der Waals surface area contributed by atoms with Crippen molar-refractivity contribution in [2.45, 2.75) is 0 Å². The molecule has 0 spiro atoms. The van der Waals surface area contributed by atoms with Gasteiger partial charge < -0.3 is 14.1 Å². The molecule has 0 unspecified atom stereocenters. The van der Waals surface area contributed by atoms with E-state index < -0.39 is 0 Å². The SMILES string of the molecule is O=Cc1ccc2cc(-c3ccc(N4CCOCC4)cc3)oc2c1. The first-order valence-corrected chi connectivity index (χ1v) is 7.75. The maximum absolute atomic E-state index is 10.9. The molecule has 1 saturated heterocycles. The van der Waals surface area contributed by atoms with Crippen molar-refractivity contribution in [1.82, 2.24) is 0 Å². The molecule has 3 aromatic rings. The minimum atomic E-state index is 0.626. The number of hydrogen-bond donors (Lipinski definition) is 0. The highest BCUT2D eigenvalue weighted by Crippen LogP contribution is 2.29. The third-order valence-electron chi connectivity index (χ3n) is 4.21. The van der Waals surface area contributed by atoms with E-state index in [1.807, 2.05) is 12.1 Å². The normalized spacial score (nSPS) is 15.0. The second kappa shape index (κ2) is 5.89. The minimum absolute atomic E-state index is 0.626. The predicted molar refractivity (Wildman–Crippen MR) is 90.1 cm³/mol. The van der Waals surface area contributed by atoms with E-state index in [-0.39, 0.29) is 0 Å². The lowest BCUT2D eigenvalue weighted by atomic mass is 10.1. The summed E-state index contributed by atoms with van der Waals surface area (Å²) in [6.07, 6.45) is 0.832. The molecule has 4 heteroatoms. The minimum Gasteiger partial charge on any atom is -0.456 e. The lowest BCUT2D eigenvalue weighted by Crippen LogP contribution is -2.36. The van der Waals surface area contributed by atoms with Crippen molar-refractivity contribution < 1.29 is 13.9 Å². The molecular formula is C19H17NO3. The van der Waals surface area contributed by atoms with Gasteiger partial charge in [-0.25, -0.2) is 0 Å². The molecule has 1 aliphatic heterocycles. The number of benzene rings is 2. The maximum Gasteiger partial charge on any atom is 0.150 e. The van der Waals surface area contributed by atoms with Gasteiger partial charge in [0, 0.05) is 35.3 Å². The van der Waals surface area contributed by atoms with Gasteiger partial charge in [0.15, 0.2) is 0 Å². The first-order chi connectivity index (χ1) is 11.3. The Morgan fingerprint density at radius 2 is 1.74 bits per heavy atom. The number of anilines is 1. The third kappa shape index (κ3) is 2.73. The summed E-state index contributed by atoms with van der Waals surface area (Å²) in [5.41, 5.74) is 3.60. The molecule has 1 fully saturated rings. The number of ether oxygens (including phenoxy) is 1. The second-order valence-electron chi connectivity index (χ2n) is 5.67. The van der Waals surface area contributed by atoms with E-state index in [0.717, 1.165) is 54.9 Å². The summed E-state index contributed by atoms with van der Waals surface area (Å²) in [5.74, 6) is 0.816. The maximum atomic E-state index is 10.9. The van der Waals surface area contributed by atoms with E-state index in [1.165, 1.54) is 5.69 Å². The number of furan rings is 1. The number of carbonyl (C=O) groups is 1. The van der Waals surface area contributed by atoms with E-state index in [0.29, 0.717) is 5.56 Å². The van der Waals surface area contributed by atoms with Crippen molar-refractivity contribution in [3.63, 3.8) is 0 Å². The van der Waals surface area contributed by atoms with E-state index in [1.54, 1.807) is 12.1 Å². The van der Waals surface area contributed by atoms with E-state index >= 15 is 0 Å². The number of aldehydes is 1. The second-order valence-corrected chi connectivity index (χ2v) is 5.67. The summed E-state index contributed by atoms with van der Waals surface area (Å²) < 4.78 is 11.3. The Bertz CT molecular complexity index is 829. The summed E-state index contributed by atoms with van der Waals surface area (Å²) in [7, 11) is 0. The van der Waals surface area contributed by atoms with Gasteiger partial charge in [-0.15, -0.1) is 0 Å². The van der Waals surface area contributed by atoms with Gasteiger partial charge in [0.05, 0.1) is 13.2 Å². The monoisotopic (exact) mass is 307 g/mol. The molecule has 1 aromatic heterocycles. The number of nitrogens with zero attached hydrogens (tertiary/aromatic N) is 1. The molecule has 0 N–H and O–H groups in total. The van der Waals surface area contributed by atoms with Gasteiger partial charge in [0.25, 0.3) is 0 Å². The summed E-state index contributed by atoms with van der Waals surface area (Å²) in [6, 6.07) is 15.9. The Labute approximate surface area is 134 Å². The van der Waals surface area contributed by atoms with Gasteiger partial charge in [0.1, 0.15) is 17.6 Å². The third-order valence-corrected chi connectivity index (χ3v) is 4.21. The number of fused-ring (bicyclic) bond motifs is 1. The van der Waals surface area contributed by atoms with Gasteiger partial charge in [-0.2, -0.15) is 0 Å². The van der Waals surface area contributed by atoms with Crippen molar-refractivity contribution in [1.29, 1.82) is 0 Å². The van der Waals surface area contributed by atoms with Crippen molar-refractivity contribution in [2.75, 3.05) is 31.2 Å². The molecule has 1 aliphatic rings. The molecule has 23 heavy (non-hydrogen) atoms. The average molecular weight is 307 g/mol. The van der Waals surface area contributed by atoms with E-state index in [4.69, 9.17) is 9.15 Å². The van der Waals surface area contributed by atoms with Crippen LogP contribution in [0.5, 0.6) is 0 Å². The average Bonchev–Trinajstić information content (AvgIpc) is 3.05. The Morgan fingerprint density at radius 3 is 2.48 bits per heavy atom. The molecule has 0 radical (unpaired) electrons. The van der Waals surface area contributed by atoms with Crippen LogP contribution in [0.4, 0.5) is 5.69 Å². The van der Waals surface area contributed by atoms with Gasteiger partial charge in [0.2, 0.25) is 0 Å². The molecule has 0 atom stereocenters. The predicted octanol–water partition coefficient (Wildman–Crippen LogP) is 3.75. The van der Waals surface area contributed by atoms with Gasteiger partial charge in [-0.05, 0) is 36.4 Å². The molecule has 0 bridgehead atoms. The summed E-state index contributed by atoms with van der Waals surface area (Å²) >= 11 is 0. The van der Waals surface area contributed by atoms with Crippen LogP contribution < -0.4 is 4.90 Å². The Hall–Kier alpha value is -2.59. The zero-order valence-corrected chi connectivity index (χ0v) is 12.7. The summed E-state index contributed by atoms with van der Waals surface area (Å²) in [4.78, 5) is 13.2. The number of rotatable bonds is 3. The van der Waals surface area contributed by atoms with E-state index in [9.17, 15) is 4.79 Å². The standard InChI is InChI=1S/C19H17NO3/c21-13-14-1-2-16-12-19(23-18(16)11-14)15-3-5-17(6-4-15)20-7-9-22-10-8-20/h1-6,11-13H,7-10H2. The summed E-state index contributed by atoms with van der Waals surface area (Å²) in [5, 5.41) is 1.00. The van der Waals surface area contributed by atoms with Crippen LogP contribution in [-0.4, -0.2) is 32.6 Å². The van der Waals surface area contributed by atoms with Crippen LogP contribution >= 0.6 is 0 Å². The molecular weight excluding hydrogens is 290 g/mol. The first kappa shape index (κ1) is 14.0. The molecule has 0 amide bonds. The summed E-state index contributed by atoms with van der Waals surface area (Å²) in [6.45, 7) is 3.42. The fourth-order valence-corrected chi connectivity index (χ4v) is 2.92. The van der Waals surface area contributed by atoms with E-state index in [2.05, 4.69) is 29.2 Å². The van der Waals surface area contributed by atoms with Crippen molar-refractivity contribution in [3.8, 4) is 11.3 Å². The van der Waals surface area contributed by atoms with Crippen LogP contribution in [0.1, 0.15) is 10.4 Å². The topological polar surface area (TPSA) is 42.7 Å². The lowest BCUT2D eigenvalue weighted by molar-refractivity contribution is 0.112. The van der Waals surface area contributed by atoms with Crippen LogP contribution in [0, 0.1) is 0 Å². The van der Waals surface area contributed by atoms with Crippen LogP contribution in [0.25, 0.3) is 22.3 Å². The molecule has 2 aromatic carbocycles. The smallest absolute Gasteiger partial charge is 0.150 e. The van der Waals surface area contributed by atoms with Crippen molar-refractivity contribution in [2.24, 2.45) is 0 Å². The largest absolute Gasteiger partial charge is 0.456 e.